The van der Waals surface area contributed by atoms with Gasteiger partial charge in [0.1, 0.15) is 13.2 Å². The van der Waals surface area contributed by atoms with E-state index in [1.807, 2.05) is 0 Å². The second-order valence-corrected chi connectivity index (χ2v) is 7.53. The third-order valence-electron chi connectivity index (χ3n) is 4.71. The molecule has 0 aromatic carbocycles. The molecule has 0 atom stereocenters. The summed E-state index contributed by atoms with van der Waals surface area (Å²) in [5.41, 5.74) is 0. The maximum absolute atomic E-state index is 11.5. The molecule has 0 fully saturated rings. The lowest BCUT2D eigenvalue weighted by Crippen LogP contribution is -2.19. The van der Waals surface area contributed by atoms with E-state index in [4.69, 9.17) is 14.2 Å². The van der Waals surface area contributed by atoms with Crippen LogP contribution in [0.2, 0.25) is 0 Å². The Balaban J connectivity index is 3.30. The fraction of sp³-hybridized carbons (Fsp3) is 0.913. The van der Waals surface area contributed by atoms with E-state index in [1.54, 1.807) is 0 Å². The zero-order chi connectivity index (χ0) is 20.7. The highest BCUT2D eigenvalue weighted by atomic mass is 16.6. The van der Waals surface area contributed by atoms with Crippen LogP contribution in [0.1, 0.15) is 110 Å². The van der Waals surface area contributed by atoms with Crippen molar-refractivity contribution in [1.82, 2.24) is 0 Å². The minimum Gasteiger partial charge on any atom is -0.464 e. The van der Waals surface area contributed by atoms with Gasteiger partial charge in [0.15, 0.2) is 0 Å². The van der Waals surface area contributed by atoms with E-state index < -0.39 is 11.9 Å². The van der Waals surface area contributed by atoms with Crippen LogP contribution in [0, 0.1) is 0 Å². The molecule has 0 aliphatic heterocycles. The molecule has 0 aromatic heterocycles. The van der Waals surface area contributed by atoms with Crippen LogP contribution in [0.3, 0.4) is 0 Å². The summed E-state index contributed by atoms with van der Waals surface area (Å²) in [4.78, 5) is 23.1. The lowest BCUT2D eigenvalue weighted by atomic mass is 10.1. The molecule has 5 heteroatoms. The summed E-state index contributed by atoms with van der Waals surface area (Å²) in [7, 11) is 0. The minimum atomic E-state index is -0.416. The van der Waals surface area contributed by atoms with Crippen molar-refractivity contribution in [2.75, 3.05) is 26.4 Å². The number of carbonyl (C=O) groups excluding carboxylic acids is 2. The highest BCUT2D eigenvalue weighted by Crippen LogP contribution is 2.09. The predicted octanol–water partition coefficient (Wildman–Crippen LogP) is 5.98. The van der Waals surface area contributed by atoms with Crippen LogP contribution < -0.4 is 0 Å². The number of rotatable bonds is 21. The molecule has 0 bridgehead atoms. The lowest BCUT2D eigenvalue weighted by molar-refractivity contribution is -0.155. The van der Waals surface area contributed by atoms with Gasteiger partial charge in [0.25, 0.3) is 0 Å². The topological polar surface area (TPSA) is 61.8 Å². The van der Waals surface area contributed by atoms with E-state index in [1.165, 1.54) is 70.6 Å². The molecular weight excluding hydrogens is 356 g/mol. The normalized spacial score (nSPS) is 10.8. The van der Waals surface area contributed by atoms with Crippen molar-refractivity contribution in [3.8, 4) is 0 Å². The average Bonchev–Trinajstić information content (AvgIpc) is 2.68. The van der Waals surface area contributed by atoms with Gasteiger partial charge in [-0.05, 0) is 12.8 Å². The van der Waals surface area contributed by atoms with E-state index in [-0.39, 0.29) is 13.2 Å². The van der Waals surface area contributed by atoms with Crippen LogP contribution in [-0.4, -0.2) is 38.4 Å². The van der Waals surface area contributed by atoms with Crippen molar-refractivity contribution in [2.24, 2.45) is 0 Å². The van der Waals surface area contributed by atoms with Gasteiger partial charge in [0.2, 0.25) is 0 Å². The highest BCUT2D eigenvalue weighted by molar-refractivity contribution is 5.73. The third kappa shape index (κ3) is 21.2. The number of esters is 2. The smallest absolute Gasteiger partial charge is 0.332 e. The Morgan fingerprint density at radius 1 is 0.500 bits per heavy atom. The number of ether oxygens (including phenoxy) is 3. The molecule has 5 nitrogen and oxygen atoms in total. The van der Waals surface area contributed by atoms with Crippen molar-refractivity contribution >= 4 is 11.9 Å². The van der Waals surface area contributed by atoms with Crippen LogP contribution in [0.25, 0.3) is 0 Å². The summed E-state index contributed by atoms with van der Waals surface area (Å²) >= 11 is 0. The molecule has 0 saturated heterocycles. The van der Waals surface area contributed by atoms with Gasteiger partial charge in [-0.3, -0.25) is 0 Å². The van der Waals surface area contributed by atoms with Crippen LogP contribution in [0.4, 0.5) is 0 Å². The van der Waals surface area contributed by atoms with Gasteiger partial charge in [-0.25, -0.2) is 9.59 Å². The van der Waals surface area contributed by atoms with Crippen molar-refractivity contribution in [2.45, 2.75) is 110 Å². The number of unbranched alkanes of at least 4 members (excludes halogenated alkanes) is 13. The number of hydrogen-bond donors (Lipinski definition) is 0. The van der Waals surface area contributed by atoms with E-state index in [2.05, 4.69) is 13.8 Å². The molecular formula is C23H44O5. The van der Waals surface area contributed by atoms with Crippen LogP contribution >= 0.6 is 0 Å². The number of carbonyl (C=O) groups is 2. The maximum atomic E-state index is 11.5. The second kappa shape index (κ2) is 22.2. The average molecular weight is 401 g/mol. The quantitative estimate of drug-likeness (QED) is 0.175. The van der Waals surface area contributed by atoms with Crippen LogP contribution in [-0.2, 0) is 23.8 Å². The Hall–Kier alpha value is -1.10. The van der Waals surface area contributed by atoms with Gasteiger partial charge < -0.3 is 14.2 Å². The maximum Gasteiger partial charge on any atom is 0.332 e. The molecule has 0 aromatic rings. The molecule has 0 N–H and O–H groups in total. The van der Waals surface area contributed by atoms with Crippen LogP contribution in [0.15, 0.2) is 0 Å². The molecule has 0 saturated carbocycles. The molecule has 28 heavy (non-hydrogen) atoms. The van der Waals surface area contributed by atoms with E-state index in [9.17, 15) is 9.59 Å². The van der Waals surface area contributed by atoms with Crippen molar-refractivity contribution in [1.29, 1.82) is 0 Å². The van der Waals surface area contributed by atoms with Gasteiger partial charge in [0, 0.05) is 0 Å². The van der Waals surface area contributed by atoms with E-state index in [0.717, 1.165) is 25.7 Å². The van der Waals surface area contributed by atoms with Gasteiger partial charge in [-0.2, -0.15) is 0 Å². The first-order valence-corrected chi connectivity index (χ1v) is 11.6. The standard InChI is InChI=1S/C23H44O5/c1-3-5-7-9-11-12-13-15-17-19-28-23(25)21-26-20-22(24)27-18-16-14-10-8-6-4-2/h3-21H2,1-2H3. The van der Waals surface area contributed by atoms with Crippen molar-refractivity contribution < 1.29 is 23.8 Å². The molecule has 0 aliphatic rings. The fourth-order valence-corrected chi connectivity index (χ4v) is 2.97. The Bertz CT molecular complexity index is 357. The summed E-state index contributed by atoms with van der Waals surface area (Å²) in [6, 6.07) is 0. The lowest BCUT2D eigenvalue weighted by Gasteiger charge is -2.07. The molecule has 0 radical (unpaired) electrons. The summed E-state index contributed by atoms with van der Waals surface area (Å²) in [5, 5.41) is 0. The highest BCUT2D eigenvalue weighted by Gasteiger charge is 2.07. The Labute approximate surface area is 172 Å². The predicted molar refractivity (Wildman–Crippen MR) is 113 cm³/mol. The molecule has 0 heterocycles. The molecule has 0 spiro atoms. The Morgan fingerprint density at radius 3 is 1.18 bits per heavy atom. The third-order valence-corrected chi connectivity index (χ3v) is 4.71. The first kappa shape index (κ1) is 26.9. The summed E-state index contributed by atoms with van der Waals surface area (Å²) in [5.74, 6) is -0.830. The molecule has 0 unspecified atom stereocenters. The Kier molecular flexibility index (Phi) is 21.3. The summed E-state index contributed by atoms with van der Waals surface area (Å²) < 4.78 is 15.3. The number of hydrogen-bond acceptors (Lipinski definition) is 5. The first-order valence-electron chi connectivity index (χ1n) is 11.6. The second-order valence-electron chi connectivity index (χ2n) is 7.53. The van der Waals surface area contributed by atoms with Gasteiger partial charge in [-0.1, -0.05) is 97.3 Å². The SMILES string of the molecule is CCCCCCCCCCCOC(=O)COCC(=O)OCCCCCCCC. The van der Waals surface area contributed by atoms with Gasteiger partial charge >= 0.3 is 11.9 Å². The monoisotopic (exact) mass is 400 g/mol. The molecule has 166 valence electrons. The summed E-state index contributed by atoms with van der Waals surface area (Å²) in [6.07, 6.45) is 18.0. The van der Waals surface area contributed by atoms with Gasteiger partial charge in [-0.15, -0.1) is 0 Å². The molecule has 0 amide bonds. The summed E-state index contributed by atoms with van der Waals surface area (Å²) in [6.45, 7) is 4.90. The van der Waals surface area contributed by atoms with Crippen molar-refractivity contribution in [3.05, 3.63) is 0 Å². The minimum absolute atomic E-state index is 0.191. The van der Waals surface area contributed by atoms with Crippen molar-refractivity contribution in [3.63, 3.8) is 0 Å². The zero-order valence-corrected chi connectivity index (χ0v) is 18.5. The Morgan fingerprint density at radius 2 is 0.821 bits per heavy atom. The fourth-order valence-electron chi connectivity index (χ4n) is 2.97. The van der Waals surface area contributed by atoms with Gasteiger partial charge in [0.05, 0.1) is 13.2 Å². The zero-order valence-electron chi connectivity index (χ0n) is 18.5. The van der Waals surface area contributed by atoms with E-state index >= 15 is 0 Å². The van der Waals surface area contributed by atoms with Crippen LogP contribution in [0.5, 0.6) is 0 Å². The first-order chi connectivity index (χ1) is 13.7. The molecule has 0 rings (SSSR count). The largest absolute Gasteiger partial charge is 0.464 e. The van der Waals surface area contributed by atoms with E-state index in [0.29, 0.717) is 13.2 Å². The molecule has 0 aliphatic carbocycles.